The number of hydrogen-bond acceptors (Lipinski definition) is 7. The van der Waals surface area contributed by atoms with Crippen LogP contribution in [0.1, 0.15) is 16.1 Å². The summed E-state index contributed by atoms with van der Waals surface area (Å²) in [6.07, 6.45) is 0.626. The van der Waals surface area contributed by atoms with Gasteiger partial charge in [0.15, 0.2) is 11.5 Å². The summed E-state index contributed by atoms with van der Waals surface area (Å²) in [5.74, 6) is 2.52. The van der Waals surface area contributed by atoms with E-state index in [2.05, 4.69) is 46.1 Å². The summed E-state index contributed by atoms with van der Waals surface area (Å²) in [6, 6.07) is 20.0. The van der Waals surface area contributed by atoms with Gasteiger partial charge >= 0.3 is 0 Å². The molecule has 1 aliphatic rings. The van der Waals surface area contributed by atoms with Gasteiger partial charge in [-0.25, -0.2) is 15.0 Å². The Labute approximate surface area is 224 Å². The number of halogens is 1. The number of imidazole rings is 1. The Bertz CT molecular complexity index is 1510. The maximum atomic E-state index is 6.32. The van der Waals surface area contributed by atoms with E-state index in [1.165, 1.54) is 0 Å². The molecule has 9 heteroatoms. The number of fused-ring (bicyclic) bond motifs is 1. The van der Waals surface area contributed by atoms with Crippen LogP contribution in [0.15, 0.2) is 66.0 Å². The number of anilines is 1. The summed E-state index contributed by atoms with van der Waals surface area (Å²) < 4.78 is 6.13. The van der Waals surface area contributed by atoms with Crippen LogP contribution in [0.25, 0.3) is 22.7 Å². The molecule has 1 saturated heterocycles. The maximum Gasteiger partial charge on any atom is 0.180 e. The molecule has 0 saturated carbocycles. The number of likely N-dealkylation sites (N-methyl/N-ethyl adjacent to an activating group) is 1. The molecule has 7 nitrogen and oxygen atoms in total. The fraction of sp³-hybridized carbons (Fsp3) is 0.250. The lowest BCUT2D eigenvalue weighted by Crippen LogP contribution is -2.44. The van der Waals surface area contributed by atoms with Gasteiger partial charge in [-0.15, -0.1) is 11.3 Å². The molecule has 6 rings (SSSR count). The number of thiazole rings is 1. The van der Waals surface area contributed by atoms with E-state index in [1.807, 2.05) is 41.8 Å². The predicted molar refractivity (Wildman–Crippen MR) is 150 cm³/mol. The largest absolute Gasteiger partial charge is 0.489 e. The number of piperazine rings is 1. The minimum Gasteiger partial charge on any atom is -0.489 e. The third-order valence-corrected chi connectivity index (χ3v) is 7.64. The fourth-order valence-electron chi connectivity index (χ4n) is 4.44. The topological polar surface area (TPSA) is 70.2 Å². The molecule has 0 spiro atoms. The molecule has 1 aliphatic heterocycles. The molecular weight excluding hydrogens is 504 g/mol. The minimum atomic E-state index is 0.501. The average molecular weight is 531 g/mol. The Morgan fingerprint density at radius 1 is 0.973 bits per heavy atom. The Kier molecular flexibility index (Phi) is 6.78. The van der Waals surface area contributed by atoms with Gasteiger partial charge in [0.1, 0.15) is 23.9 Å². The van der Waals surface area contributed by atoms with E-state index in [1.54, 1.807) is 11.3 Å². The third kappa shape index (κ3) is 5.46. The smallest absolute Gasteiger partial charge is 0.180 e. The molecule has 4 heterocycles. The Morgan fingerprint density at radius 3 is 2.65 bits per heavy atom. The molecule has 1 N–H and O–H groups in total. The van der Waals surface area contributed by atoms with Crippen molar-refractivity contribution < 1.29 is 4.74 Å². The lowest BCUT2D eigenvalue weighted by molar-refractivity contribution is 0.303. The number of H-pyrrole nitrogens is 1. The van der Waals surface area contributed by atoms with Gasteiger partial charge in [0.05, 0.1) is 10.5 Å². The number of pyridine rings is 1. The molecule has 0 aliphatic carbocycles. The quantitative estimate of drug-likeness (QED) is 0.293. The Balaban J connectivity index is 1.19. The molecule has 37 heavy (non-hydrogen) atoms. The molecule has 2 aromatic carbocycles. The number of benzene rings is 2. The molecule has 188 valence electrons. The highest BCUT2D eigenvalue weighted by molar-refractivity contribution is 7.10. The Hall–Kier alpha value is -3.46. The van der Waals surface area contributed by atoms with Crippen LogP contribution in [0.3, 0.4) is 0 Å². The summed E-state index contributed by atoms with van der Waals surface area (Å²) in [5.41, 5.74) is 4.57. The third-order valence-electron chi connectivity index (χ3n) is 6.55. The van der Waals surface area contributed by atoms with Crippen LogP contribution in [0, 0.1) is 0 Å². The van der Waals surface area contributed by atoms with E-state index >= 15 is 0 Å². The van der Waals surface area contributed by atoms with Crippen molar-refractivity contribution in [2.45, 2.75) is 13.0 Å². The van der Waals surface area contributed by atoms with Gasteiger partial charge in [0, 0.05) is 48.6 Å². The first-order chi connectivity index (χ1) is 18.1. The lowest BCUT2D eigenvalue weighted by atomic mass is 10.1. The SMILES string of the molecule is CN1CCN(c2ccc3[nH]c(-c4csc(Cc5cc(Cl)ccc5OCc5ccccc5)n4)nc3n2)CC1. The second-order valence-corrected chi connectivity index (χ2v) is 10.6. The molecule has 0 bridgehead atoms. The summed E-state index contributed by atoms with van der Waals surface area (Å²) in [7, 11) is 2.15. The first-order valence-corrected chi connectivity index (χ1v) is 13.6. The van der Waals surface area contributed by atoms with Gasteiger partial charge in [0.25, 0.3) is 0 Å². The zero-order valence-electron chi connectivity index (χ0n) is 20.5. The van der Waals surface area contributed by atoms with Gasteiger partial charge < -0.3 is 19.5 Å². The highest BCUT2D eigenvalue weighted by atomic mass is 35.5. The summed E-state index contributed by atoms with van der Waals surface area (Å²) >= 11 is 7.92. The van der Waals surface area contributed by atoms with Crippen LogP contribution in [0.5, 0.6) is 5.75 Å². The predicted octanol–water partition coefficient (Wildman–Crippen LogP) is 5.66. The monoisotopic (exact) mass is 530 g/mol. The van der Waals surface area contributed by atoms with Crippen LogP contribution < -0.4 is 9.64 Å². The van der Waals surface area contributed by atoms with E-state index in [-0.39, 0.29) is 0 Å². The Morgan fingerprint density at radius 2 is 1.81 bits per heavy atom. The summed E-state index contributed by atoms with van der Waals surface area (Å²) in [4.78, 5) is 22.5. The normalized spacial score (nSPS) is 14.4. The molecule has 1 fully saturated rings. The molecule has 3 aromatic heterocycles. The maximum absolute atomic E-state index is 6.32. The van der Waals surface area contributed by atoms with Crippen molar-refractivity contribution in [3.8, 4) is 17.3 Å². The van der Waals surface area contributed by atoms with Crippen molar-refractivity contribution in [1.82, 2.24) is 24.8 Å². The van der Waals surface area contributed by atoms with Crippen LogP contribution in [0.2, 0.25) is 5.02 Å². The van der Waals surface area contributed by atoms with Crippen LogP contribution in [0.4, 0.5) is 5.82 Å². The zero-order chi connectivity index (χ0) is 25.2. The molecule has 0 radical (unpaired) electrons. The second-order valence-electron chi connectivity index (χ2n) is 9.25. The van der Waals surface area contributed by atoms with Crippen LogP contribution in [-0.4, -0.2) is 58.1 Å². The number of ether oxygens (including phenoxy) is 1. The van der Waals surface area contributed by atoms with Crippen molar-refractivity contribution in [1.29, 1.82) is 0 Å². The number of aromatic nitrogens is 4. The zero-order valence-corrected chi connectivity index (χ0v) is 22.1. The van der Waals surface area contributed by atoms with Gasteiger partial charge in [-0.2, -0.15) is 0 Å². The van der Waals surface area contributed by atoms with Gasteiger partial charge in [-0.3, -0.25) is 0 Å². The first-order valence-electron chi connectivity index (χ1n) is 12.3. The van der Waals surface area contributed by atoms with Crippen LogP contribution >= 0.6 is 22.9 Å². The summed E-state index contributed by atoms with van der Waals surface area (Å²) in [5, 5.41) is 3.68. The van der Waals surface area contributed by atoms with Crippen molar-refractivity contribution in [3.05, 3.63) is 87.2 Å². The van der Waals surface area contributed by atoms with E-state index < -0.39 is 0 Å². The molecule has 5 aromatic rings. The number of aromatic amines is 1. The number of nitrogens with zero attached hydrogens (tertiary/aromatic N) is 5. The second kappa shape index (κ2) is 10.5. The van der Waals surface area contributed by atoms with Crippen LogP contribution in [-0.2, 0) is 13.0 Å². The van der Waals surface area contributed by atoms with E-state index in [9.17, 15) is 0 Å². The van der Waals surface area contributed by atoms with E-state index in [0.717, 1.165) is 70.9 Å². The molecule has 0 unspecified atom stereocenters. The van der Waals surface area contributed by atoms with Gasteiger partial charge in [-0.1, -0.05) is 41.9 Å². The number of hydrogen-bond donors (Lipinski definition) is 1. The highest BCUT2D eigenvalue weighted by Crippen LogP contribution is 2.29. The van der Waals surface area contributed by atoms with E-state index in [0.29, 0.717) is 23.7 Å². The van der Waals surface area contributed by atoms with Gasteiger partial charge in [-0.05, 0) is 42.9 Å². The van der Waals surface area contributed by atoms with Crippen molar-refractivity contribution in [3.63, 3.8) is 0 Å². The van der Waals surface area contributed by atoms with E-state index in [4.69, 9.17) is 31.3 Å². The molecular formula is C28H27ClN6OS. The highest BCUT2D eigenvalue weighted by Gasteiger charge is 2.17. The number of rotatable bonds is 7. The number of nitrogens with one attached hydrogen (secondary N) is 1. The van der Waals surface area contributed by atoms with Gasteiger partial charge in [0.2, 0.25) is 0 Å². The van der Waals surface area contributed by atoms with Crippen molar-refractivity contribution in [2.75, 3.05) is 38.1 Å². The van der Waals surface area contributed by atoms with Crippen molar-refractivity contribution >= 4 is 39.9 Å². The fourth-order valence-corrected chi connectivity index (χ4v) is 5.44. The minimum absolute atomic E-state index is 0.501. The summed E-state index contributed by atoms with van der Waals surface area (Å²) in [6.45, 7) is 4.53. The molecule has 0 atom stereocenters. The van der Waals surface area contributed by atoms with Crippen molar-refractivity contribution in [2.24, 2.45) is 0 Å². The molecule has 0 amide bonds. The lowest BCUT2D eigenvalue weighted by Gasteiger charge is -2.33. The standard InChI is InChI=1S/C28H27ClN6OS/c1-34-11-13-35(14-12-34)25-10-8-22-27(32-25)33-28(31-22)23-18-37-26(30-23)16-20-15-21(29)7-9-24(20)36-17-19-5-3-2-4-6-19/h2-10,15,18H,11-14,16-17H2,1H3,(H,31,32,33). The first kappa shape index (κ1) is 23.9. The average Bonchev–Trinajstić information content (AvgIpc) is 3.56.